The van der Waals surface area contributed by atoms with E-state index in [2.05, 4.69) is 30.6 Å². The Kier molecular flexibility index (Phi) is 9.51. The Labute approximate surface area is 269 Å². The molecule has 4 unspecified atom stereocenters. The second-order valence-corrected chi connectivity index (χ2v) is 11.8. The molecule has 4 N–H and O–H groups in total. The molecule has 2 fully saturated rings. The number of methoxy groups -OCH3 is 2. The van der Waals surface area contributed by atoms with Crippen molar-refractivity contribution in [3.63, 3.8) is 0 Å². The molecule has 0 spiro atoms. The number of imidazole rings is 1. The molecule has 1 amide bonds. The minimum absolute atomic E-state index is 0.0617. The highest BCUT2D eigenvalue weighted by molar-refractivity contribution is 5.82. The molecule has 252 valence electrons. The van der Waals surface area contributed by atoms with Gasteiger partial charge in [0.05, 0.1) is 25.4 Å². The number of hydrogen-bond acceptors (Lipinski definition) is 13. The van der Waals surface area contributed by atoms with Gasteiger partial charge in [-0.15, -0.1) is 5.10 Å². The van der Waals surface area contributed by atoms with E-state index >= 15 is 0 Å². The summed E-state index contributed by atoms with van der Waals surface area (Å²) in [6.45, 7) is 5.35. The molecule has 5 heterocycles. The Hall–Kier alpha value is -4.42. The standard InChI is InChI=1S/C30H39N9O8/c1-30(2)46-23-20(45-27(43-4)24(23)47-30)16-38-15-19(36-37-38)9-10-21(40)32-13-17-5-7-18(8-6-17)14-39-26-22(33-29(39)41)25(31)34-28(35-26)44-12-11-42-3/h5-8,15,20,23-24,27H,9-14,16H2,1-4H3,(H,32,40)(H,33,41)(H2,31,34,35). The van der Waals surface area contributed by atoms with Crippen molar-refractivity contribution >= 4 is 22.9 Å². The van der Waals surface area contributed by atoms with Gasteiger partial charge in [-0.25, -0.2) is 9.48 Å². The van der Waals surface area contributed by atoms with Crippen LogP contribution in [0.2, 0.25) is 0 Å². The molecule has 2 aliphatic rings. The number of carbonyl (C=O) groups excluding carboxylic acids is 1. The molecule has 2 saturated heterocycles. The fourth-order valence-corrected chi connectivity index (χ4v) is 5.64. The van der Waals surface area contributed by atoms with Crippen LogP contribution in [0, 0.1) is 0 Å². The number of benzene rings is 1. The van der Waals surface area contributed by atoms with Crippen molar-refractivity contribution in [2.45, 2.75) is 76.7 Å². The van der Waals surface area contributed by atoms with Crippen LogP contribution in [0.1, 0.15) is 37.1 Å². The number of ether oxygens (including phenoxy) is 6. The van der Waals surface area contributed by atoms with Crippen molar-refractivity contribution in [2.75, 3.05) is 33.2 Å². The third-order valence-electron chi connectivity index (χ3n) is 7.90. The summed E-state index contributed by atoms with van der Waals surface area (Å²) < 4.78 is 37.0. The molecule has 17 nitrogen and oxygen atoms in total. The molecular formula is C30H39N9O8. The number of aryl methyl sites for hydroxylation is 1. The van der Waals surface area contributed by atoms with Gasteiger partial charge in [0, 0.05) is 39.8 Å². The Morgan fingerprint density at radius 1 is 1.11 bits per heavy atom. The SMILES string of the molecule is COCCOc1nc(N)c2[nH]c(=O)n(Cc3ccc(CNC(=O)CCc4cn(CC5OC(OC)C6OC(C)(C)OC56)nn4)cc3)c2n1. The minimum Gasteiger partial charge on any atom is -0.461 e. The Balaban J connectivity index is 0.980. The van der Waals surface area contributed by atoms with Crippen molar-refractivity contribution in [2.24, 2.45) is 0 Å². The number of carbonyl (C=O) groups is 1. The Morgan fingerprint density at radius 2 is 1.87 bits per heavy atom. The van der Waals surface area contributed by atoms with Crippen LogP contribution in [-0.2, 0) is 54.5 Å². The smallest absolute Gasteiger partial charge is 0.328 e. The number of nitrogens with zero attached hydrogens (tertiary/aromatic N) is 6. The largest absolute Gasteiger partial charge is 0.461 e. The van der Waals surface area contributed by atoms with E-state index in [0.29, 0.717) is 43.0 Å². The van der Waals surface area contributed by atoms with Gasteiger partial charge in [0.2, 0.25) is 5.91 Å². The summed E-state index contributed by atoms with van der Waals surface area (Å²) in [6, 6.07) is 7.63. The van der Waals surface area contributed by atoms with Crippen molar-refractivity contribution in [3.8, 4) is 6.01 Å². The molecule has 1 aromatic carbocycles. The van der Waals surface area contributed by atoms with Crippen molar-refractivity contribution in [3.05, 3.63) is 57.8 Å². The van der Waals surface area contributed by atoms with Crippen LogP contribution in [0.3, 0.4) is 0 Å². The topological polar surface area (TPSA) is 205 Å². The van der Waals surface area contributed by atoms with Crippen LogP contribution < -0.4 is 21.5 Å². The monoisotopic (exact) mass is 653 g/mol. The lowest BCUT2D eigenvalue weighted by molar-refractivity contribution is -0.228. The lowest BCUT2D eigenvalue weighted by Crippen LogP contribution is -2.33. The van der Waals surface area contributed by atoms with Gasteiger partial charge in [0.25, 0.3) is 0 Å². The molecular weight excluding hydrogens is 614 g/mol. The maximum absolute atomic E-state index is 12.7. The second kappa shape index (κ2) is 13.7. The number of aromatic amines is 1. The first-order valence-corrected chi connectivity index (χ1v) is 15.3. The number of anilines is 1. The first-order chi connectivity index (χ1) is 22.6. The Bertz CT molecular complexity index is 1750. The van der Waals surface area contributed by atoms with Crippen LogP contribution in [-0.4, -0.2) is 98.2 Å². The van der Waals surface area contributed by atoms with Gasteiger partial charge in [0.15, 0.2) is 23.5 Å². The molecule has 0 bridgehead atoms. The van der Waals surface area contributed by atoms with E-state index in [1.54, 1.807) is 25.1 Å². The van der Waals surface area contributed by atoms with E-state index in [9.17, 15) is 9.59 Å². The number of rotatable bonds is 14. The number of hydrogen-bond donors (Lipinski definition) is 3. The Morgan fingerprint density at radius 3 is 2.64 bits per heavy atom. The lowest BCUT2D eigenvalue weighted by atomic mass is 10.1. The summed E-state index contributed by atoms with van der Waals surface area (Å²) in [6.07, 6.45) is 1.06. The van der Waals surface area contributed by atoms with Gasteiger partial charge in [-0.05, 0) is 25.0 Å². The second-order valence-electron chi connectivity index (χ2n) is 11.8. The predicted molar refractivity (Wildman–Crippen MR) is 165 cm³/mol. The number of fused-ring (bicyclic) bond motifs is 2. The average molecular weight is 654 g/mol. The third kappa shape index (κ3) is 7.44. The summed E-state index contributed by atoms with van der Waals surface area (Å²) in [5, 5.41) is 11.4. The van der Waals surface area contributed by atoms with Gasteiger partial charge in [0.1, 0.15) is 30.4 Å². The number of aromatic nitrogens is 7. The lowest BCUT2D eigenvalue weighted by Gasteiger charge is -2.23. The molecule has 47 heavy (non-hydrogen) atoms. The molecule has 4 aromatic rings. The van der Waals surface area contributed by atoms with Crippen LogP contribution in [0.4, 0.5) is 5.82 Å². The number of nitrogen functional groups attached to an aromatic ring is 1. The number of amides is 1. The number of nitrogens with two attached hydrogens (primary N) is 1. The highest BCUT2D eigenvalue weighted by Crippen LogP contribution is 2.39. The minimum atomic E-state index is -0.716. The molecule has 6 rings (SSSR count). The van der Waals surface area contributed by atoms with E-state index in [1.165, 1.54) is 4.57 Å². The molecule has 17 heteroatoms. The molecule has 0 radical (unpaired) electrons. The predicted octanol–water partition coefficient (Wildman–Crippen LogP) is 0.507. The van der Waals surface area contributed by atoms with Crippen LogP contribution in [0.15, 0.2) is 35.3 Å². The maximum Gasteiger partial charge on any atom is 0.328 e. The molecule has 2 aliphatic heterocycles. The molecule has 4 atom stereocenters. The molecule has 3 aromatic heterocycles. The van der Waals surface area contributed by atoms with Crippen LogP contribution in [0.5, 0.6) is 6.01 Å². The van der Waals surface area contributed by atoms with Gasteiger partial charge in [-0.1, -0.05) is 29.5 Å². The van der Waals surface area contributed by atoms with Crippen molar-refractivity contribution in [1.29, 1.82) is 0 Å². The van der Waals surface area contributed by atoms with Gasteiger partial charge >= 0.3 is 11.7 Å². The fourth-order valence-electron chi connectivity index (χ4n) is 5.64. The van der Waals surface area contributed by atoms with E-state index in [1.807, 2.05) is 38.1 Å². The quantitative estimate of drug-likeness (QED) is 0.159. The third-order valence-corrected chi connectivity index (χ3v) is 7.90. The van der Waals surface area contributed by atoms with Gasteiger partial charge in [-0.2, -0.15) is 9.97 Å². The fraction of sp³-hybridized carbons (Fsp3) is 0.533. The van der Waals surface area contributed by atoms with Crippen LogP contribution >= 0.6 is 0 Å². The van der Waals surface area contributed by atoms with Crippen LogP contribution in [0.25, 0.3) is 11.2 Å². The summed E-state index contributed by atoms with van der Waals surface area (Å²) >= 11 is 0. The normalized spacial score (nSPS) is 21.7. The summed E-state index contributed by atoms with van der Waals surface area (Å²) in [7, 11) is 3.14. The highest BCUT2D eigenvalue weighted by Gasteiger charge is 2.55. The highest BCUT2D eigenvalue weighted by atomic mass is 16.8. The summed E-state index contributed by atoms with van der Waals surface area (Å²) in [5.41, 5.74) is 8.80. The number of H-pyrrole nitrogens is 1. The zero-order chi connectivity index (χ0) is 33.1. The van der Waals surface area contributed by atoms with E-state index in [0.717, 1.165) is 11.1 Å². The van der Waals surface area contributed by atoms with E-state index < -0.39 is 12.1 Å². The maximum atomic E-state index is 12.7. The first kappa shape index (κ1) is 32.5. The summed E-state index contributed by atoms with van der Waals surface area (Å²) in [5.74, 6) is -0.713. The van der Waals surface area contributed by atoms with Crippen molar-refractivity contribution < 1.29 is 33.2 Å². The van der Waals surface area contributed by atoms with Gasteiger partial charge < -0.3 is 44.5 Å². The average Bonchev–Trinajstić information content (AvgIpc) is 3.79. The van der Waals surface area contributed by atoms with E-state index in [4.69, 9.17) is 34.2 Å². The van der Waals surface area contributed by atoms with Gasteiger partial charge in [-0.3, -0.25) is 9.36 Å². The first-order valence-electron chi connectivity index (χ1n) is 15.3. The molecule has 0 saturated carbocycles. The summed E-state index contributed by atoms with van der Waals surface area (Å²) in [4.78, 5) is 36.5. The zero-order valence-corrected chi connectivity index (χ0v) is 26.7. The molecule has 0 aliphatic carbocycles. The number of nitrogens with one attached hydrogen (secondary N) is 2. The van der Waals surface area contributed by atoms with E-state index in [-0.39, 0.29) is 61.3 Å². The van der Waals surface area contributed by atoms with Crippen molar-refractivity contribution in [1.82, 2.24) is 39.8 Å². The zero-order valence-electron chi connectivity index (χ0n) is 26.7.